The van der Waals surface area contributed by atoms with Crippen molar-refractivity contribution in [3.63, 3.8) is 0 Å². The maximum Gasteiger partial charge on any atom is 0.237 e. The molecular formula is C20H27FN4O. The third-order valence-electron chi connectivity index (χ3n) is 5.83. The zero-order valence-corrected chi connectivity index (χ0v) is 15.5. The normalized spacial score (nSPS) is 20.4. The van der Waals surface area contributed by atoms with E-state index in [1.807, 2.05) is 11.0 Å². The van der Waals surface area contributed by atoms with Crippen LogP contribution >= 0.6 is 0 Å². The lowest BCUT2D eigenvalue weighted by Crippen LogP contribution is -2.55. The summed E-state index contributed by atoms with van der Waals surface area (Å²) < 4.78 is 13.9. The van der Waals surface area contributed by atoms with Crippen LogP contribution in [-0.2, 0) is 4.79 Å². The fourth-order valence-electron chi connectivity index (χ4n) is 4.05. The van der Waals surface area contributed by atoms with Crippen molar-refractivity contribution in [2.45, 2.75) is 37.6 Å². The van der Waals surface area contributed by atoms with Crippen LogP contribution in [0.3, 0.4) is 0 Å². The zero-order chi connectivity index (χ0) is 18.6. The first-order valence-corrected chi connectivity index (χ1v) is 9.45. The maximum atomic E-state index is 13.9. The highest BCUT2D eigenvalue weighted by atomic mass is 19.1. The number of likely N-dealkylation sites (N-methyl/N-ethyl adjacent to an activating group) is 1. The van der Waals surface area contributed by atoms with Crippen molar-refractivity contribution in [1.82, 2.24) is 9.80 Å². The largest absolute Gasteiger partial charge is 0.367 e. The van der Waals surface area contributed by atoms with Crippen LogP contribution in [0.1, 0.15) is 32.1 Å². The molecule has 3 rings (SSSR count). The fraction of sp³-hybridized carbons (Fsp3) is 0.600. The summed E-state index contributed by atoms with van der Waals surface area (Å²) in [6.07, 6.45) is 4.70. The van der Waals surface area contributed by atoms with E-state index in [1.165, 1.54) is 6.07 Å². The number of hydrogen-bond donors (Lipinski definition) is 0. The van der Waals surface area contributed by atoms with E-state index in [1.54, 1.807) is 24.1 Å². The number of para-hydroxylation sites is 1. The van der Waals surface area contributed by atoms with Crippen molar-refractivity contribution in [3.05, 3.63) is 30.1 Å². The number of nitrogens with zero attached hydrogens (tertiary/aromatic N) is 4. The summed E-state index contributed by atoms with van der Waals surface area (Å²) in [5, 5.41) is 9.65. The van der Waals surface area contributed by atoms with Gasteiger partial charge in [-0.2, -0.15) is 5.26 Å². The Morgan fingerprint density at radius 1 is 1.19 bits per heavy atom. The fourth-order valence-corrected chi connectivity index (χ4v) is 4.05. The second-order valence-corrected chi connectivity index (χ2v) is 7.37. The molecule has 0 radical (unpaired) electrons. The highest BCUT2D eigenvalue weighted by Gasteiger charge is 2.39. The molecular weight excluding hydrogens is 331 g/mol. The van der Waals surface area contributed by atoms with Crippen molar-refractivity contribution >= 4 is 11.6 Å². The van der Waals surface area contributed by atoms with Gasteiger partial charge in [-0.1, -0.05) is 31.4 Å². The third kappa shape index (κ3) is 3.83. The topological polar surface area (TPSA) is 50.6 Å². The molecule has 26 heavy (non-hydrogen) atoms. The van der Waals surface area contributed by atoms with Gasteiger partial charge in [-0.15, -0.1) is 0 Å². The number of carbonyl (C=O) groups is 1. The van der Waals surface area contributed by atoms with Crippen LogP contribution in [0.25, 0.3) is 0 Å². The Kier molecular flexibility index (Phi) is 5.77. The van der Waals surface area contributed by atoms with E-state index in [0.717, 1.165) is 32.1 Å². The second-order valence-electron chi connectivity index (χ2n) is 7.37. The summed E-state index contributed by atoms with van der Waals surface area (Å²) >= 11 is 0. The quantitative estimate of drug-likeness (QED) is 0.830. The average Bonchev–Trinajstić information content (AvgIpc) is 2.69. The minimum atomic E-state index is -0.635. The Labute approximate surface area is 155 Å². The molecule has 2 fully saturated rings. The summed E-state index contributed by atoms with van der Waals surface area (Å²) in [7, 11) is 1.77. The van der Waals surface area contributed by atoms with E-state index in [9.17, 15) is 14.4 Å². The Hall–Kier alpha value is -2.13. The summed E-state index contributed by atoms with van der Waals surface area (Å²) in [4.78, 5) is 18.5. The standard InChI is InChI=1S/C20H27FN4O/c1-23(20(16-22)9-5-2-6-10-20)19(26)15-24-11-13-25(14-12-24)18-8-4-3-7-17(18)21/h3-4,7-8H,2,5-6,9-15H2,1H3. The lowest BCUT2D eigenvalue weighted by atomic mass is 9.81. The van der Waals surface area contributed by atoms with Gasteiger partial charge >= 0.3 is 0 Å². The van der Waals surface area contributed by atoms with E-state index in [0.29, 0.717) is 38.4 Å². The molecule has 1 saturated heterocycles. The van der Waals surface area contributed by atoms with Crippen LogP contribution < -0.4 is 4.90 Å². The highest BCUT2D eigenvalue weighted by molar-refractivity contribution is 5.79. The van der Waals surface area contributed by atoms with Gasteiger partial charge in [-0.3, -0.25) is 9.69 Å². The van der Waals surface area contributed by atoms with Crippen LogP contribution in [0.15, 0.2) is 24.3 Å². The first-order chi connectivity index (χ1) is 12.6. The number of benzene rings is 1. The van der Waals surface area contributed by atoms with Crippen molar-refractivity contribution in [3.8, 4) is 6.07 Å². The Morgan fingerprint density at radius 2 is 1.85 bits per heavy atom. The number of hydrogen-bond acceptors (Lipinski definition) is 4. The van der Waals surface area contributed by atoms with Crippen molar-refractivity contribution in [2.24, 2.45) is 0 Å². The summed E-state index contributed by atoms with van der Waals surface area (Å²) in [5.41, 5.74) is -0.00846. The summed E-state index contributed by atoms with van der Waals surface area (Å²) in [5.74, 6) is -0.196. The molecule has 0 unspecified atom stereocenters. The summed E-state index contributed by atoms with van der Waals surface area (Å²) in [6, 6.07) is 9.22. The number of piperazine rings is 1. The first-order valence-electron chi connectivity index (χ1n) is 9.45. The van der Waals surface area contributed by atoms with Crippen molar-refractivity contribution in [2.75, 3.05) is 44.7 Å². The number of rotatable bonds is 4. The van der Waals surface area contributed by atoms with Gasteiger partial charge in [0.25, 0.3) is 0 Å². The molecule has 1 aromatic carbocycles. The molecule has 6 heteroatoms. The van der Waals surface area contributed by atoms with E-state index < -0.39 is 5.54 Å². The monoisotopic (exact) mass is 358 g/mol. The first kappa shape index (κ1) is 18.7. The van der Waals surface area contributed by atoms with Crippen LogP contribution in [0.5, 0.6) is 0 Å². The second kappa shape index (κ2) is 8.05. The number of anilines is 1. The minimum absolute atomic E-state index is 0.00721. The molecule has 0 spiro atoms. The van der Waals surface area contributed by atoms with Gasteiger partial charge in [0, 0.05) is 33.2 Å². The number of carbonyl (C=O) groups excluding carboxylic acids is 1. The van der Waals surface area contributed by atoms with Crippen LogP contribution in [0.2, 0.25) is 0 Å². The summed E-state index contributed by atoms with van der Waals surface area (Å²) in [6.45, 7) is 3.15. The maximum absolute atomic E-state index is 13.9. The van der Waals surface area contributed by atoms with E-state index in [-0.39, 0.29) is 11.7 Å². The SMILES string of the molecule is CN(C(=O)CN1CCN(c2ccccc2F)CC1)C1(C#N)CCCCC1. The van der Waals surface area contributed by atoms with Crippen LogP contribution in [0.4, 0.5) is 10.1 Å². The molecule has 1 aliphatic heterocycles. The molecule has 1 aliphatic carbocycles. The Balaban J connectivity index is 1.55. The molecule has 0 aromatic heterocycles. The Bertz CT molecular complexity index is 673. The van der Waals surface area contributed by atoms with E-state index >= 15 is 0 Å². The average molecular weight is 358 g/mol. The van der Waals surface area contributed by atoms with E-state index in [2.05, 4.69) is 11.0 Å². The lowest BCUT2D eigenvalue weighted by Gasteiger charge is -2.41. The predicted octanol–water partition coefficient (Wildman–Crippen LogP) is 2.63. The van der Waals surface area contributed by atoms with Gasteiger partial charge in [-0.25, -0.2) is 4.39 Å². The van der Waals surface area contributed by atoms with E-state index in [4.69, 9.17) is 0 Å². The smallest absolute Gasteiger partial charge is 0.237 e. The van der Waals surface area contributed by atoms with Gasteiger partial charge in [0.15, 0.2) is 0 Å². The minimum Gasteiger partial charge on any atom is -0.367 e. The van der Waals surface area contributed by atoms with Gasteiger partial charge in [-0.05, 0) is 25.0 Å². The molecule has 0 bridgehead atoms. The van der Waals surface area contributed by atoms with Crippen molar-refractivity contribution < 1.29 is 9.18 Å². The number of nitriles is 1. The van der Waals surface area contributed by atoms with Gasteiger partial charge in [0.05, 0.1) is 18.3 Å². The predicted molar refractivity (Wildman–Crippen MR) is 99.3 cm³/mol. The lowest BCUT2D eigenvalue weighted by molar-refractivity contribution is -0.136. The molecule has 2 aliphatic rings. The number of amides is 1. The third-order valence-corrected chi connectivity index (χ3v) is 5.83. The molecule has 0 atom stereocenters. The van der Waals surface area contributed by atoms with Crippen LogP contribution in [-0.4, -0.2) is 61.0 Å². The van der Waals surface area contributed by atoms with Gasteiger partial charge < -0.3 is 9.80 Å². The van der Waals surface area contributed by atoms with Crippen molar-refractivity contribution in [1.29, 1.82) is 5.26 Å². The van der Waals surface area contributed by atoms with Crippen LogP contribution in [0, 0.1) is 17.1 Å². The molecule has 5 nitrogen and oxygen atoms in total. The molecule has 140 valence electrons. The van der Waals surface area contributed by atoms with Gasteiger partial charge in [0.2, 0.25) is 5.91 Å². The number of halogens is 1. The molecule has 1 saturated carbocycles. The molecule has 1 aromatic rings. The molecule has 1 heterocycles. The molecule has 1 amide bonds. The van der Waals surface area contributed by atoms with Gasteiger partial charge in [0.1, 0.15) is 11.4 Å². The molecule has 0 N–H and O–H groups in total. The highest BCUT2D eigenvalue weighted by Crippen LogP contribution is 2.32. The zero-order valence-electron chi connectivity index (χ0n) is 15.5. The Morgan fingerprint density at radius 3 is 2.46 bits per heavy atom.